The summed E-state index contributed by atoms with van der Waals surface area (Å²) in [7, 11) is 0. The van der Waals surface area contributed by atoms with Crippen LogP contribution >= 0.6 is 0 Å². The van der Waals surface area contributed by atoms with E-state index in [2.05, 4.69) is 13.8 Å². The molecule has 0 aromatic carbocycles. The molecule has 0 fully saturated rings. The van der Waals surface area contributed by atoms with Crippen molar-refractivity contribution in [2.75, 3.05) is 13.2 Å². The molecule has 0 spiro atoms. The van der Waals surface area contributed by atoms with E-state index in [0.29, 0.717) is 13.2 Å². The summed E-state index contributed by atoms with van der Waals surface area (Å²) >= 11 is 0. The Balaban J connectivity index is 3.24. The lowest BCUT2D eigenvalue weighted by Gasteiger charge is -2.06. The average molecular weight is 413 g/mol. The maximum absolute atomic E-state index is 11.5. The van der Waals surface area contributed by atoms with Crippen molar-refractivity contribution in [3.05, 3.63) is 0 Å². The van der Waals surface area contributed by atoms with E-state index in [1.165, 1.54) is 83.5 Å². The normalized spacial score (nSPS) is 10.8. The highest BCUT2D eigenvalue weighted by Gasteiger charge is 2.16. The molecule has 0 aliphatic rings. The number of carbonyl (C=O) groups excluding carboxylic acids is 2. The van der Waals surface area contributed by atoms with Crippen molar-refractivity contribution in [2.45, 2.75) is 136 Å². The van der Waals surface area contributed by atoms with Crippen molar-refractivity contribution in [2.24, 2.45) is 0 Å². The minimum absolute atomic E-state index is 0.312. The maximum atomic E-state index is 11.5. The molecule has 172 valence electrons. The first-order valence-corrected chi connectivity index (χ1v) is 12.6. The van der Waals surface area contributed by atoms with E-state index in [4.69, 9.17) is 9.47 Å². The van der Waals surface area contributed by atoms with Gasteiger partial charge in [-0.25, -0.2) is 9.59 Å². The summed E-state index contributed by atoms with van der Waals surface area (Å²) in [6.07, 6.45) is 23.6. The monoisotopic (exact) mass is 412 g/mol. The lowest BCUT2D eigenvalue weighted by molar-refractivity contribution is -0.167. The number of unbranched alkanes of at least 4 members (excludes halogenated alkanes) is 17. The molecular formula is C25H48O4. The van der Waals surface area contributed by atoms with Gasteiger partial charge in [-0.2, -0.15) is 0 Å². The first kappa shape index (κ1) is 27.9. The van der Waals surface area contributed by atoms with Crippen LogP contribution in [-0.2, 0) is 19.1 Å². The van der Waals surface area contributed by atoms with Crippen molar-refractivity contribution < 1.29 is 19.1 Å². The molecular weight excluding hydrogens is 364 g/mol. The van der Waals surface area contributed by atoms with Gasteiger partial charge in [-0.3, -0.25) is 0 Å². The quantitative estimate of drug-likeness (QED) is 0.111. The SMILES string of the molecule is CCCCCCCCCCCCCCCCCOC(=O)C(=O)OCCCCCC. The predicted octanol–water partition coefficient (Wildman–Crippen LogP) is 7.52. The smallest absolute Gasteiger partial charge is 0.417 e. The second-order valence-electron chi connectivity index (χ2n) is 8.28. The third kappa shape index (κ3) is 21.5. The lowest BCUT2D eigenvalue weighted by atomic mass is 10.0. The number of rotatable bonds is 21. The molecule has 0 rings (SSSR count). The fraction of sp³-hybridized carbons (Fsp3) is 0.920. The van der Waals surface area contributed by atoms with Crippen molar-refractivity contribution in [1.82, 2.24) is 0 Å². The molecule has 0 aromatic rings. The zero-order valence-electron chi connectivity index (χ0n) is 19.5. The molecule has 0 aromatic heterocycles. The van der Waals surface area contributed by atoms with Gasteiger partial charge >= 0.3 is 11.9 Å². The molecule has 0 aliphatic heterocycles. The highest BCUT2D eigenvalue weighted by atomic mass is 16.6. The van der Waals surface area contributed by atoms with Crippen LogP contribution in [0.2, 0.25) is 0 Å². The molecule has 4 heteroatoms. The van der Waals surface area contributed by atoms with Gasteiger partial charge in [-0.15, -0.1) is 0 Å². The molecule has 0 saturated carbocycles. The van der Waals surface area contributed by atoms with Gasteiger partial charge < -0.3 is 9.47 Å². The van der Waals surface area contributed by atoms with Gasteiger partial charge in [0, 0.05) is 0 Å². The van der Waals surface area contributed by atoms with Crippen LogP contribution in [0.5, 0.6) is 0 Å². The first-order valence-electron chi connectivity index (χ1n) is 12.6. The van der Waals surface area contributed by atoms with E-state index in [1.807, 2.05) is 0 Å². The largest absolute Gasteiger partial charge is 0.457 e. The second kappa shape index (κ2) is 23.2. The standard InChI is InChI=1S/C25H48O4/c1-3-5-7-9-10-11-12-13-14-15-16-17-18-19-21-23-29-25(27)24(26)28-22-20-8-6-4-2/h3-23H2,1-2H3. The van der Waals surface area contributed by atoms with Crippen molar-refractivity contribution in [1.29, 1.82) is 0 Å². The molecule has 4 nitrogen and oxygen atoms in total. The Labute approximate surface area is 180 Å². The van der Waals surface area contributed by atoms with E-state index < -0.39 is 11.9 Å². The predicted molar refractivity (Wildman–Crippen MR) is 121 cm³/mol. The number of hydrogen-bond acceptors (Lipinski definition) is 4. The van der Waals surface area contributed by atoms with Gasteiger partial charge in [0.1, 0.15) is 0 Å². The Bertz CT molecular complexity index is 368. The fourth-order valence-electron chi connectivity index (χ4n) is 3.45. The van der Waals surface area contributed by atoms with Crippen molar-refractivity contribution >= 4 is 11.9 Å². The van der Waals surface area contributed by atoms with E-state index in [1.54, 1.807) is 0 Å². The summed E-state index contributed by atoms with van der Waals surface area (Å²) < 4.78 is 9.90. The van der Waals surface area contributed by atoms with Crippen molar-refractivity contribution in [3.63, 3.8) is 0 Å². The van der Waals surface area contributed by atoms with E-state index in [-0.39, 0.29) is 0 Å². The fourth-order valence-corrected chi connectivity index (χ4v) is 3.45. The maximum Gasteiger partial charge on any atom is 0.417 e. The van der Waals surface area contributed by atoms with E-state index in [0.717, 1.165) is 38.5 Å². The molecule has 0 saturated heterocycles. The summed E-state index contributed by atoms with van der Waals surface area (Å²) in [5.74, 6) is -1.69. The van der Waals surface area contributed by atoms with Crippen LogP contribution in [0.25, 0.3) is 0 Å². The summed E-state index contributed by atoms with van der Waals surface area (Å²) in [6.45, 7) is 5.03. The summed E-state index contributed by atoms with van der Waals surface area (Å²) in [4.78, 5) is 23.0. The number of hydrogen-bond donors (Lipinski definition) is 0. The van der Waals surface area contributed by atoms with E-state index in [9.17, 15) is 9.59 Å². The van der Waals surface area contributed by atoms with Crippen LogP contribution < -0.4 is 0 Å². The third-order valence-corrected chi connectivity index (χ3v) is 5.38. The number of esters is 2. The zero-order chi connectivity index (χ0) is 21.4. The molecule has 0 aliphatic carbocycles. The summed E-state index contributed by atoms with van der Waals surface area (Å²) in [6, 6.07) is 0. The minimum Gasteiger partial charge on any atom is -0.457 e. The minimum atomic E-state index is -0.845. The Morgan fingerprint density at radius 2 is 0.655 bits per heavy atom. The average Bonchev–Trinajstić information content (AvgIpc) is 2.73. The Kier molecular flexibility index (Phi) is 22.4. The summed E-state index contributed by atoms with van der Waals surface area (Å²) in [5.41, 5.74) is 0. The van der Waals surface area contributed by atoms with Crippen LogP contribution in [-0.4, -0.2) is 25.2 Å². The molecule has 0 amide bonds. The molecule has 0 N–H and O–H groups in total. The van der Waals surface area contributed by atoms with Crippen LogP contribution in [0.15, 0.2) is 0 Å². The van der Waals surface area contributed by atoms with Gasteiger partial charge in [0.05, 0.1) is 13.2 Å². The Morgan fingerprint density at radius 1 is 0.414 bits per heavy atom. The highest BCUT2D eigenvalue weighted by molar-refractivity contribution is 6.29. The third-order valence-electron chi connectivity index (χ3n) is 5.38. The van der Waals surface area contributed by atoms with Crippen LogP contribution in [0, 0.1) is 0 Å². The zero-order valence-corrected chi connectivity index (χ0v) is 19.5. The molecule has 0 bridgehead atoms. The number of ether oxygens (including phenoxy) is 2. The van der Waals surface area contributed by atoms with Gasteiger partial charge in [-0.1, -0.05) is 123 Å². The van der Waals surface area contributed by atoms with Gasteiger partial charge in [0.2, 0.25) is 0 Å². The summed E-state index contributed by atoms with van der Waals surface area (Å²) in [5, 5.41) is 0. The van der Waals surface area contributed by atoms with Crippen LogP contribution in [0.3, 0.4) is 0 Å². The second-order valence-corrected chi connectivity index (χ2v) is 8.28. The van der Waals surface area contributed by atoms with Gasteiger partial charge in [0.15, 0.2) is 0 Å². The lowest BCUT2D eigenvalue weighted by Crippen LogP contribution is -2.21. The topological polar surface area (TPSA) is 52.6 Å². The Hall–Kier alpha value is -1.06. The van der Waals surface area contributed by atoms with Gasteiger partial charge in [-0.05, 0) is 12.8 Å². The molecule has 0 heterocycles. The van der Waals surface area contributed by atoms with Crippen LogP contribution in [0.4, 0.5) is 0 Å². The van der Waals surface area contributed by atoms with Crippen LogP contribution in [0.1, 0.15) is 136 Å². The molecule has 29 heavy (non-hydrogen) atoms. The van der Waals surface area contributed by atoms with E-state index >= 15 is 0 Å². The first-order chi connectivity index (χ1) is 14.2. The molecule has 0 atom stereocenters. The highest BCUT2D eigenvalue weighted by Crippen LogP contribution is 2.13. The van der Waals surface area contributed by atoms with Gasteiger partial charge in [0.25, 0.3) is 0 Å². The molecule has 0 unspecified atom stereocenters. The Morgan fingerprint density at radius 3 is 0.966 bits per heavy atom. The molecule has 0 radical (unpaired) electrons. The van der Waals surface area contributed by atoms with Crippen molar-refractivity contribution in [3.8, 4) is 0 Å². The number of carbonyl (C=O) groups is 2.